The number of nitrogens with zero attached hydrogens (tertiary/aromatic N) is 1. The third-order valence-corrected chi connectivity index (χ3v) is 1.70. The van der Waals surface area contributed by atoms with Crippen LogP contribution in [-0.2, 0) is 9.53 Å². The zero-order valence-corrected chi connectivity index (χ0v) is 6.54. The number of methoxy groups -OCH3 is 1. The predicted molar refractivity (Wildman–Crippen MR) is 39.1 cm³/mol. The number of hydrazine groups is 2. The van der Waals surface area contributed by atoms with Gasteiger partial charge in [-0.2, -0.15) is 5.12 Å². The molecular formula is C6H13N3O2. The second kappa shape index (κ2) is 3.66. The molecule has 0 amide bonds. The summed E-state index contributed by atoms with van der Waals surface area (Å²) in [6.45, 7) is 0.771. The Bertz CT molecular complexity index is 151. The van der Waals surface area contributed by atoms with E-state index in [0.717, 1.165) is 19.4 Å². The van der Waals surface area contributed by atoms with Crippen molar-refractivity contribution in [2.75, 3.05) is 13.7 Å². The third kappa shape index (κ3) is 2.14. The van der Waals surface area contributed by atoms with Gasteiger partial charge in [0.05, 0.1) is 7.11 Å². The van der Waals surface area contributed by atoms with Gasteiger partial charge in [0.25, 0.3) is 0 Å². The minimum absolute atomic E-state index is 0.250. The molecule has 0 aromatic heterocycles. The van der Waals surface area contributed by atoms with Gasteiger partial charge in [-0.3, -0.25) is 10.6 Å². The Hall–Kier alpha value is -0.650. The summed E-state index contributed by atoms with van der Waals surface area (Å²) in [5, 5.41) is 1.42. The Balaban J connectivity index is 2.39. The smallest absolute Gasteiger partial charge is 0.324 e. The van der Waals surface area contributed by atoms with Crippen molar-refractivity contribution >= 4 is 5.97 Å². The van der Waals surface area contributed by atoms with Crippen molar-refractivity contribution in [3.8, 4) is 0 Å². The summed E-state index contributed by atoms with van der Waals surface area (Å²) in [6.07, 6.45) is 1.71. The minimum atomic E-state index is -0.265. The van der Waals surface area contributed by atoms with E-state index in [0.29, 0.717) is 0 Å². The first kappa shape index (κ1) is 8.45. The van der Waals surface area contributed by atoms with Crippen molar-refractivity contribution < 1.29 is 9.53 Å². The van der Waals surface area contributed by atoms with Gasteiger partial charge < -0.3 is 4.74 Å². The lowest BCUT2D eigenvalue weighted by molar-refractivity contribution is -0.146. The quantitative estimate of drug-likeness (QED) is 0.379. The molecule has 0 aliphatic carbocycles. The second-order valence-corrected chi connectivity index (χ2v) is 2.54. The summed E-state index contributed by atoms with van der Waals surface area (Å²) < 4.78 is 4.55. The number of nitrogens with two attached hydrogens (primary N) is 1. The van der Waals surface area contributed by atoms with E-state index in [1.807, 2.05) is 0 Å². The molecule has 5 heteroatoms. The standard InChI is InChI=1S/C6H13N3O2/c1-11-6(10)5-3-2-4-9(7)8-5/h5,8H,2-4,7H2,1H3. The number of ether oxygens (including phenoxy) is 1. The summed E-state index contributed by atoms with van der Waals surface area (Å²) in [7, 11) is 1.37. The second-order valence-electron chi connectivity index (χ2n) is 2.54. The van der Waals surface area contributed by atoms with Crippen LogP contribution in [0, 0.1) is 0 Å². The molecule has 1 aliphatic heterocycles. The fourth-order valence-corrected chi connectivity index (χ4v) is 1.11. The van der Waals surface area contributed by atoms with E-state index in [2.05, 4.69) is 10.2 Å². The Morgan fingerprint density at radius 3 is 3.09 bits per heavy atom. The van der Waals surface area contributed by atoms with Gasteiger partial charge >= 0.3 is 5.97 Å². The van der Waals surface area contributed by atoms with Gasteiger partial charge in [-0.15, -0.1) is 0 Å². The maximum absolute atomic E-state index is 10.9. The van der Waals surface area contributed by atoms with E-state index < -0.39 is 0 Å². The molecule has 3 N–H and O–H groups in total. The molecular weight excluding hydrogens is 146 g/mol. The highest BCUT2D eigenvalue weighted by Crippen LogP contribution is 2.05. The number of hydrogen-bond acceptors (Lipinski definition) is 5. The Morgan fingerprint density at radius 1 is 1.82 bits per heavy atom. The zero-order chi connectivity index (χ0) is 8.27. The van der Waals surface area contributed by atoms with Crippen LogP contribution in [0.3, 0.4) is 0 Å². The molecule has 0 spiro atoms. The summed E-state index contributed by atoms with van der Waals surface area (Å²) in [6, 6.07) is -0.265. The van der Waals surface area contributed by atoms with Crippen molar-refractivity contribution in [3.05, 3.63) is 0 Å². The van der Waals surface area contributed by atoms with Gasteiger partial charge in [0, 0.05) is 6.54 Å². The van der Waals surface area contributed by atoms with Crippen LogP contribution in [-0.4, -0.2) is 30.8 Å². The van der Waals surface area contributed by atoms with Crippen molar-refractivity contribution in [2.24, 2.45) is 5.84 Å². The first-order valence-electron chi connectivity index (χ1n) is 3.60. The van der Waals surface area contributed by atoms with Gasteiger partial charge in [0.1, 0.15) is 6.04 Å². The van der Waals surface area contributed by atoms with Crippen LogP contribution >= 0.6 is 0 Å². The van der Waals surface area contributed by atoms with Crippen molar-refractivity contribution in [2.45, 2.75) is 18.9 Å². The topological polar surface area (TPSA) is 67.6 Å². The summed E-state index contributed by atoms with van der Waals surface area (Å²) in [4.78, 5) is 10.9. The van der Waals surface area contributed by atoms with Crippen LogP contribution in [0.5, 0.6) is 0 Å². The molecule has 0 aromatic rings. The number of nitrogens with one attached hydrogen (secondary N) is 1. The molecule has 1 rings (SSSR count). The Kier molecular flexibility index (Phi) is 2.81. The average molecular weight is 159 g/mol. The molecule has 1 unspecified atom stereocenters. The SMILES string of the molecule is COC(=O)C1CCCN(N)N1. The van der Waals surface area contributed by atoms with Crippen LogP contribution < -0.4 is 11.3 Å². The normalized spacial score (nSPS) is 26.5. The first-order valence-corrected chi connectivity index (χ1v) is 3.60. The van der Waals surface area contributed by atoms with E-state index in [9.17, 15) is 4.79 Å². The number of rotatable bonds is 1. The molecule has 64 valence electrons. The fraction of sp³-hybridized carbons (Fsp3) is 0.833. The van der Waals surface area contributed by atoms with Gasteiger partial charge in [-0.05, 0) is 12.8 Å². The maximum atomic E-state index is 10.9. The predicted octanol–water partition coefficient (Wildman–Crippen LogP) is -0.998. The van der Waals surface area contributed by atoms with Crippen LogP contribution in [0.1, 0.15) is 12.8 Å². The van der Waals surface area contributed by atoms with Crippen LogP contribution in [0.4, 0.5) is 0 Å². The van der Waals surface area contributed by atoms with E-state index in [-0.39, 0.29) is 12.0 Å². The largest absolute Gasteiger partial charge is 0.468 e. The van der Waals surface area contributed by atoms with Crippen molar-refractivity contribution in [1.82, 2.24) is 10.5 Å². The monoisotopic (exact) mass is 159 g/mol. The number of hydrogen-bond donors (Lipinski definition) is 2. The molecule has 0 bridgehead atoms. The highest BCUT2D eigenvalue weighted by Gasteiger charge is 2.23. The van der Waals surface area contributed by atoms with E-state index >= 15 is 0 Å². The third-order valence-electron chi connectivity index (χ3n) is 1.70. The average Bonchev–Trinajstić information content (AvgIpc) is 2.03. The fourth-order valence-electron chi connectivity index (χ4n) is 1.11. The molecule has 1 aliphatic rings. The summed E-state index contributed by atoms with van der Waals surface area (Å²) >= 11 is 0. The molecule has 1 atom stereocenters. The summed E-state index contributed by atoms with van der Waals surface area (Å²) in [5.41, 5.74) is 2.80. The van der Waals surface area contributed by atoms with Gasteiger partial charge in [0.15, 0.2) is 0 Å². The maximum Gasteiger partial charge on any atom is 0.324 e. The Morgan fingerprint density at radius 2 is 2.55 bits per heavy atom. The molecule has 5 nitrogen and oxygen atoms in total. The zero-order valence-electron chi connectivity index (χ0n) is 6.54. The lowest BCUT2D eigenvalue weighted by atomic mass is 10.1. The van der Waals surface area contributed by atoms with E-state index in [1.54, 1.807) is 0 Å². The number of carbonyl (C=O) groups is 1. The van der Waals surface area contributed by atoms with Crippen LogP contribution in [0.15, 0.2) is 0 Å². The molecule has 1 fully saturated rings. The summed E-state index contributed by atoms with van der Waals surface area (Å²) in [5.74, 6) is 5.18. The number of carbonyl (C=O) groups excluding carboxylic acids is 1. The molecule has 1 heterocycles. The van der Waals surface area contributed by atoms with E-state index in [1.165, 1.54) is 12.2 Å². The van der Waals surface area contributed by atoms with Crippen LogP contribution in [0.2, 0.25) is 0 Å². The lowest BCUT2D eigenvalue weighted by Crippen LogP contribution is -2.56. The van der Waals surface area contributed by atoms with Gasteiger partial charge in [-0.25, -0.2) is 5.43 Å². The van der Waals surface area contributed by atoms with Crippen molar-refractivity contribution in [3.63, 3.8) is 0 Å². The Labute approximate surface area is 65.4 Å². The number of esters is 1. The first-order chi connectivity index (χ1) is 5.24. The molecule has 11 heavy (non-hydrogen) atoms. The molecule has 0 aromatic carbocycles. The van der Waals surface area contributed by atoms with Crippen molar-refractivity contribution in [1.29, 1.82) is 0 Å². The molecule has 1 saturated heterocycles. The lowest BCUT2D eigenvalue weighted by Gasteiger charge is -2.28. The van der Waals surface area contributed by atoms with Gasteiger partial charge in [-0.1, -0.05) is 0 Å². The highest BCUT2D eigenvalue weighted by molar-refractivity contribution is 5.75. The highest BCUT2D eigenvalue weighted by atomic mass is 16.5. The molecule has 0 radical (unpaired) electrons. The van der Waals surface area contributed by atoms with E-state index in [4.69, 9.17) is 5.84 Å². The minimum Gasteiger partial charge on any atom is -0.468 e. The van der Waals surface area contributed by atoms with Crippen LogP contribution in [0.25, 0.3) is 0 Å². The molecule has 0 saturated carbocycles. The van der Waals surface area contributed by atoms with Gasteiger partial charge in [0.2, 0.25) is 0 Å².